The molecule has 0 spiro atoms. The van der Waals surface area contributed by atoms with Crippen LogP contribution in [0, 0.1) is 12.8 Å². The average Bonchev–Trinajstić information content (AvgIpc) is 2.84. The van der Waals surface area contributed by atoms with E-state index in [1.807, 2.05) is 13.1 Å². The molecule has 20 heavy (non-hydrogen) atoms. The highest BCUT2D eigenvalue weighted by Crippen LogP contribution is 2.22. The number of imidazole rings is 1. The zero-order valence-corrected chi connectivity index (χ0v) is 13.9. The van der Waals surface area contributed by atoms with Gasteiger partial charge in [0.05, 0.1) is 0 Å². The number of hydrogen-bond donors (Lipinski definition) is 1. The van der Waals surface area contributed by atoms with Gasteiger partial charge in [-0.2, -0.15) is 0 Å². The summed E-state index contributed by atoms with van der Waals surface area (Å²) in [6.07, 6.45) is 17.1. The van der Waals surface area contributed by atoms with E-state index in [0.717, 1.165) is 11.7 Å². The number of nitrogens with zero attached hydrogens (tertiary/aromatic N) is 1. The second kappa shape index (κ2) is 10.9. The summed E-state index contributed by atoms with van der Waals surface area (Å²) < 4.78 is 0. The summed E-state index contributed by atoms with van der Waals surface area (Å²) >= 11 is 0. The monoisotopic (exact) mass is 278 g/mol. The minimum atomic E-state index is 0.851. The molecule has 0 atom stereocenters. The third-order valence-corrected chi connectivity index (χ3v) is 4.20. The van der Waals surface area contributed by atoms with Crippen LogP contribution in [-0.4, -0.2) is 9.97 Å². The van der Waals surface area contributed by atoms with E-state index in [2.05, 4.69) is 23.8 Å². The molecule has 1 rings (SSSR count). The van der Waals surface area contributed by atoms with Crippen LogP contribution in [0.25, 0.3) is 0 Å². The molecule has 0 aliphatic rings. The molecule has 1 aromatic heterocycles. The Morgan fingerprint density at radius 2 is 1.55 bits per heavy atom. The van der Waals surface area contributed by atoms with Gasteiger partial charge in [-0.3, -0.25) is 0 Å². The highest BCUT2D eigenvalue weighted by molar-refractivity contribution is 5.00. The molecule has 2 nitrogen and oxygen atoms in total. The van der Waals surface area contributed by atoms with Gasteiger partial charge in [-0.25, -0.2) is 4.98 Å². The van der Waals surface area contributed by atoms with Crippen LogP contribution in [0.4, 0.5) is 0 Å². The topological polar surface area (TPSA) is 28.7 Å². The Morgan fingerprint density at radius 3 is 2.00 bits per heavy atom. The molecular weight excluding hydrogens is 244 g/mol. The molecule has 0 saturated carbocycles. The molecular formula is C18H34N2. The van der Waals surface area contributed by atoms with Crippen molar-refractivity contribution in [3.05, 3.63) is 17.7 Å². The first-order chi connectivity index (χ1) is 9.76. The van der Waals surface area contributed by atoms with E-state index in [4.69, 9.17) is 0 Å². The fourth-order valence-corrected chi connectivity index (χ4v) is 2.95. The average molecular weight is 278 g/mol. The number of rotatable bonds is 12. The Kier molecular flexibility index (Phi) is 9.44. The lowest BCUT2D eigenvalue weighted by molar-refractivity contribution is 0.401. The predicted octanol–water partition coefficient (Wildman–Crippen LogP) is 5.82. The lowest BCUT2D eigenvalue weighted by atomic mass is 9.91. The zero-order valence-electron chi connectivity index (χ0n) is 13.9. The third kappa shape index (κ3) is 7.72. The standard InChI is InChI=1S/C18H34N2/c1-4-6-8-10-12-17(13-11-9-7-5-2)14-18-15-19-16(3)20-18/h15,17H,4-14H2,1-3H3,(H,19,20). The van der Waals surface area contributed by atoms with Crippen LogP contribution in [0.1, 0.15) is 89.6 Å². The molecule has 0 aromatic carbocycles. The van der Waals surface area contributed by atoms with Gasteiger partial charge in [0.2, 0.25) is 0 Å². The molecule has 0 radical (unpaired) electrons. The van der Waals surface area contributed by atoms with Crippen molar-refractivity contribution in [2.75, 3.05) is 0 Å². The molecule has 1 heterocycles. The van der Waals surface area contributed by atoms with Gasteiger partial charge < -0.3 is 4.98 Å². The molecule has 0 saturated heterocycles. The summed E-state index contributed by atoms with van der Waals surface area (Å²) in [4.78, 5) is 7.73. The lowest BCUT2D eigenvalue weighted by Crippen LogP contribution is -2.06. The minimum absolute atomic E-state index is 0.851. The molecule has 1 N–H and O–H groups in total. The van der Waals surface area contributed by atoms with Gasteiger partial charge in [-0.1, -0.05) is 78.1 Å². The molecule has 2 heteroatoms. The van der Waals surface area contributed by atoms with Crippen LogP contribution >= 0.6 is 0 Å². The Labute approximate surface area is 125 Å². The normalized spacial score (nSPS) is 11.4. The van der Waals surface area contributed by atoms with Crippen molar-refractivity contribution in [3.8, 4) is 0 Å². The molecule has 0 fully saturated rings. The number of hydrogen-bond acceptors (Lipinski definition) is 1. The number of unbranched alkanes of at least 4 members (excludes halogenated alkanes) is 6. The van der Waals surface area contributed by atoms with Crippen molar-refractivity contribution >= 4 is 0 Å². The largest absolute Gasteiger partial charge is 0.346 e. The zero-order chi connectivity index (χ0) is 14.6. The highest BCUT2D eigenvalue weighted by Gasteiger charge is 2.11. The summed E-state index contributed by atoms with van der Waals surface area (Å²) in [5.41, 5.74) is 1.33. The minimum Gasteiger partial charge on any atom is -0.346 e. The second-order valence-corrected chi connectivity index (χ2v) is 6.26. The number of aromatic nitrogens is 2. The molecule has 116 valence electrons. The molecule has 0 amide bonds. The van der Waals surface area contributed by atoms with Gasteiger partial charge >= 0.3 is 0 Å². The first-order valence-electron chi connectivity index (χ1n) is 8.76. The van der Waals surface area contributed by atoms with E-state index < -0.39 is 0 Å². The fraction of sp³-hybridized carbons (Fsp3) is 0.833. The maximum Gasteiger partial charge on any atom is 0.103 e. The van der Waals surface area contributed by atoms with Gasteiger partial charge in [0, 0.05) is 11.9 Å². The van der Waals surface area contributed by atoms with E-state index in [1.165, 1.54) is 76.3 Å². The van der Waals surface area contributed by atoms with Gasteiger partial charge in [0.1, 0.15) is 5.82 Å². The van der Waals surface area contributed by atoms with E-state index in [0.29, 0.717) is 0 Å². The highest BCUT2D eigenvalue weighted by atomic mass is 14.9. The van der Waals surface area contributed by atoms with Crippen LogP contribution in [-0.2, 0) is 6.42 Å². The predicted molar refractivity (Wildman–Crippen MR) is 88.0 cm³/mol. The summed E-state index contributed by atoms with van der Waals surface area (Å²) in [6, 6.07) is 0. The summed E-state index contributed by atoms with van der Waals surface area (Å²) in [7, 11) is 0. The summed E-state index contributed by atoms with van der Waals surface area (Å²) in [5, 5.41) is 0. The maximum atomic E-state index is 4.33. The van der Waals surface area contributed by atoms with Crippen LogP contribution in [0.5, 0.6) is 0 Å². The van der Waals surface area contributed by atoms with Crippen molar-refractivity contribution in [1.82, 2.24) is 9.97 Å². The first-order valence-corrected chi connectivity index (χ1v) is 8.76. The fourth-order valence-electron chi connectivity index (χ4n) is 2.95. The molecule has 0 aliphatic heterocycles. The van der Waals surface area contributed by atoms with Crippen LogP contribution < -0.4 is 0 Å². The van der Waals surface area contributed by atoms with Crippen LogP contribution in [0.2, 0.25) is 0 Å². The van der Waals surface area contributed by atoms with Crippen molar-refractivity contribution in [2.24, 2.45) is 5.92 Å². The lowest BCUT2D eigenvalue weighted by Gasteiger charge is -2.16. The van der Waals surface area contributed by atoms with Crippen molar-refractivity contribution in [3.63, 3.8) is 0 Å². The number of aromatic amines is 1. The van der Waals surface area contributed by atoms with Crippen LogP contribution in [0.15, 0.2) is 6.20 Å². The van der Waals surface area contributed by atoms with Gasteiger partial charge in [0.15, 0.2) is 0 Å². The van der Waals surface area contributed by atoms with Crippen molar-refractivity contribution in [1.29, 1.82) is 0 Å². The molecule has 1 aromatic rings. The van der Waals surface area contributed by atoms with Gasteiger partial charge in [-0.05, 0) is 19.3 Å². The number of aryl methyl sites for hydroxylation is 1. The molecule has 0 aliphatic carbocycles. The Morgan fingerprint density at radius 1 is 0.950 bits per heavy atom. The van der Waals surface area contributed by atoms with Gasteiger partial charge in [0.25, 0.3) is 0 Å². The Balaban J connectivity index is 2.33. The molecule has 0 bridgehead atoms. The van der Waals surface area contributed by atoms with E-state index >= 15 is 0 Å². The van der Waals surface area contributed by atoms with E-state index in [1.54, 1.807) is 0 Å². The van der Waals surface area contributed by atoms with Gasteiger partial charge in [-0.15, -0.1) is 0 Å². The Bertz CT molecular complexity index is 318. The quantitative estimate of drug-likeness (QED) is 0.480. The van der Waals surface area contributed by atoms with Crippen molar-refractivity contribution < 1.29 is 0 Å². The van der Waals surface area contributed by atoms with E-state index in [9.17, 15) is 0 Å². The SMILES string of the molecule is CCCCCCC(CCCCCC)Cc1cnc(C)[nH]1. The second-order valence-electron chi connectivity index (χ2n) is 6.26. The maximum absolute atomic E-state index is 4.33. The number of nitrogens with one attached hydrogen (secondary N) is 1. The first kappa shape index (κ1) is 17.3. The van der Waals surface area contributed by atoms with Crippen LogP contribution in [0.3, 0.4) is 0 Å². The molecule has 0 unspecified atom stereocenters. The third-order valence-electron chi connectivity index (χ3n) is 4.20. The summed E-state index contributed by atoms with van der Waals surface area (Å²) in [6.45, 7) is 6.62. The summed E-state index contributed by atoms with van der Waals surface area (Å²) in [5.74, 6) is 1.90. The number of H-pyrrole nitrogens is 1. The van der Waals surface area contributed by atoms with Crippen molar-refractivity contribution in [2.45, 2.75) is 91.4 Å². The van der Waals surface area contributed by atoms with E-state index in [-0.39, 0.29) is 0 Å². The Hall–Kier alpha value is -0.790. The smallest absolute Gasteiger partial charge is 0.103 e.